The fourth-order valence-corrected chi connectivity index (χ4v) is 2.56. The number of aryl methyl sites for hydroxylation is 2. The van der Waals surface area contributed by atoms with Crippen LogP contribution in [-0.4, -0.2) is 11.9 Å². The Hall–Kier alpha value is -1.80. The summed E-state index contributed by atoms with van der Waals surface area (Å²) in [6.07, 6.45) is 0. The smallest absolute Gasteiger partial charge is 0.0321 e. The first-order valence-electron chi connectivity index (χ1n) is 7.10. The molecule has 1 unspecified atom stereocenters. The number of hydrogen-bond donors (Lipinski definition) is 1. The topological polar surface area (TPSA) is 29.3 Å². The Balaban J connectivity index is 2.17. The van der Waals surface area contributed by atoms with E-state index >= 15 is 0 Å². The van der Waals surface area contributed by atoms with Crippen molar-refractivity contribution in [3.63, 3.8) is 0 Å². The molecule has 2 aromatic carbocycles. The standard InChI is InChI=1S/C18H24N2/c1-13-7-5-8-14(2)18(13)12-20(4)15(3)16-9-6-10-17(19)11-16/h5-11,15H,12,19H2,1-4H3. The highest BCUT2D eigenvalue weighted by atomic mass is 15.1. The van der Waals surface area contributed by atoms with E-state index in [2.05, 4.69) is 63.1 Å². The van der Waals surface area contributed by atoms with Crippen LogP contribution >= 0.6 is 0 Å². The summed E-state index contributed by atoms with van der Waals surface area (Å²) in [7, 11) is 2.17. The highest BCUT2D eigenvalue weighted by Gasteiger charge is 2.14. The normalized spacial score (nSPS) is 12.7. The van der Waals surface area contributed by atoms with Crippen LogP contribution in [0.5, 0.6) is 0 Å². The van der Waals surface area contributed by atoms with Crippen molar-refractivity contribution in [1.29, 1.82) is 0 Å². The number of nitrogens with zero attached hydrogens (tertiary/aromatic N) is 1. The molecule has 0 aliphatic carbocycles. The molecule has 2 heteroatoms. The van der Waals surface area contributed by atoms with Crippen LogP contribution in [0, 0.1) is 13.8 Å². The number of nitrogens with two attached hydrogens (primary N) is 1. The maximum absolute atomic E-state index is 5.88. The van der Waals surface area contributed by atoms with Gasteiger partial charge in [-0.25, -0.2) is 0 Å². The first kappa shape index (κ1) is 14.6. The molecule has 0 saturated carbocycles. The molecular weight excluding hydrogens is 244 g/mol. The van der Waals surface area contributed by atoms with E-state index in [0.717, 1.165) is 12.2 Å². The number of hydrogen-bond acceptors (Lipinski definition) is 2. The average molecular weight is 268 g/mol. The summed E-state index contributed by atoms with van der Waals surface area (Å²) in [5, 5.41) is 0. The SMILES string of the molecule is Cc1cccc(C)c1CN(C)C(C)c1cccc(N)c1. The Kier molecular flexibility index (Phi) is 4.46. The predicted molar refractivity (Wildman–Crippen MR) is 86.7 cm³/mol. The van der Waals surface area contributed by atoms with Crippen molar-refractivity contribution in [3.05, 3.63) is 64.7 Å². The molecule has 0 saturated heterocycles. The maximum atomic E-state index is 5.88. The number of benzene rings is 2. The number of rotatable bonds is 4. The minimum atomic E-state index is 0.345. The van der Waals surface area contributed by atoms with E-state index in [9.17, 15) is 0 Å². The lowest BCUT2D eigenvalue weighted by molar-refractivity contribution is 0.252. The van der Waals surface area contributed by atoms with Gasteiger partial charge in [-0.15, -0.1) is 0 Å². The van der Waals surface area contributed by atoms with E-state index in [1.165, 1.54) is 22.3 Å². The molecule has 2 aromatic rings. The van der Waals surface area contributed by atoms with Gasteiger partial charge in [0.05, 0.1) is 0 Å². The molecule has 0 aromatic heterocycles. The van der Waals surface area contributed by atoms with Crippen LogP contribution in [0.4, 0.5) is 5.69 Å². The van der Waals surface area contributed by atoms with Gasteiger partial charge in [-0.1, -0.05) is 30.3 Å². The van der Waals surface area contributed by atoms with Gasteiger partial charge in [0.15, 0.2) is 0 Å². The number of anilines is 1. The highest BCUT2D eigenvalue weighted by molar-refractivity contribution is 5.41. The zero-order chi connectivity index (χ0) is 14.7. The summed E-state index contributed by atoms with van der Waals surface area (Å²) >= 11 is 0. The van der Waals surface area contributed by atoms with Gasteiger partial charge in [0.25, 0.3) is 0 Å². The van der Waals surface area contributed by atoms with E-state index in [1.54, 1.807) is 0 Å². The minimum absolute atomic E-state index is 0.345. The third kappa shape index (κ3) is 3.20. The molecule has 0 aliphatic rings. The summed E-state index contributed by atoms with van der Waals surface area (Å²) in [6, 6.07) is 15.0. The first-order valence-corrected chi connectivity index (χ1v) is 7.10. The molecular formula is C18H24N2. The monoisotopic (exact) mass is 268 g/mol. The highest BCUT2D eigenvalue weighted by Crippen LogP contribution is 2.24. The quantitative estimate of drug-likeness (QED) is 0.847. The predicted octanol–water partition coefficient (Wildman–Crippen LogP) is 4.08. The Labute approximate surface area is 122 Å². The van der Waals surface area contributed by atoms with Crippen LogP contribution in [-0.2, 0) is 6.54 Å². The Morgan fingerprint density at radius 1 is 1.05 bits per heavy atom. The van der Waals surface area contributed by atoms with Gasteiger partial charge < -0.3 is 5.73 Å². The Bertz CT molecular complexity index is 569. The summed E-state index contributed by atoms with van der Waals surface area (Å²) in [5.74, 6) is 0. The molecule has 2 nitrogen and oxygen atoms in total. The third-order valence-electron chi connectivity index (χ3n) is 4.11. The molecule has 20 heavy (non-hydrogen) atoms. The Morgan fingerprint density at radius 2 is 1.65 bits per heavy atom. The minimum Gasteiger partial charge on any atom is -0.399 e. The molecule has 2 rings (SSSR count). The summed E-state index contributed by atoms with van der Waals surface area (Å²) in [6.45, 7) is 7.54. The van der Waals surface area contributed by atoms with E-state index in [4.69, 9.17) is 5.73 Å². The van der Waals surface area contributed by atoms with Crippen molar-refractivity contribution in [2.24, 2.45) is 0 Å². The van der Waals surface area contributed by atoms with E-state index in [0.29, 0.717) is 6.04 Å². The molecule has 0 aliphatic heterocycles. The van der Waals surface area contributed by atoms with Crippen LogP contribution in [0.25, 0.3) is 0 Å². The van der Waals surface area contributed by atoms with Gasteiger partial charge in [-0.2, -0.15) is 0 Å². The van der Waals surface area contributed by atoms with E-state index in [1.807, 2.05) is 12.1 Å². The van der Waals surface area contributed by atoms with Crippen molar-refractivity contribution in [1.82, 2.24) is 4.90 Å². The van der Waals surface area contributed by atoms with Crippen LogP contribution in [0.1, 0.15) is 35.2 Å². The lowest BCUT2D eigenvalue weighted by Crippen LogP contribution is -2.23. The second-order valence-corrected chi connectivity index (χ2v) is 5.63. The van der Waals surface area contributed by atoms with Gasteiger partial charge in [-0.3, -0.25) is 4.90 Å². The first-order chi connectivity index (χ1) is 9.49. The van der Waals surface area contributed by atoms with Crippen molar-refractivity contribution >= 4 is 5.69 Å². The van der Waals surface area contributed by atoms with Crippen molar-refractivity contribution in [3.8, 4) is 0 Å². The van der Waals surface area contributed by atoms with Gasteiger partial charge in [0, 0.05) is 18.3 Å². The molecule has 0 fully saturated rings. The van der Waals surface area contributed by atoms with Crippen molar-refractivity contribution < 1.29 is 0 Å². The average Bonchev–Trinajstić information content (AvgIpc) is 2.42. The molecule has 0 heterocycles. The van der Waals surface area contributed by atoms with Crippen LogP contribution in [0.15, 0.2) is 42.5 Å². The summed E-state index contributed by atoms with van der Waals surface area (Å²) in [4.78, 5) is 2.37. The van der Waals surface area contributed by atoms with Gasteiger partial charge in [0.1, 0.15) is 0 Å². The Morgan fingerprint density at radius 3 is 2.25 bits per heavy atom. The van der Waals surface area contributed by atoms with Gasteiger partial charge in [0.2, 0.25) is 0 Å². The molecule has 0 bridgehead atoms. The zero-order valence-corrected chi connectivity index (χ0v) is 12.9. The molecule has 106 valence electrons. The number of nitrogen functional groups attached to an aromatic ring is 1. The largest absolute Gasteiger partial charge is 0.399 e. The van der Waals surface area contributed by atoms with Gasteiger partial charge >= 0.3 is 0 Å². The second kappa shape index (κ2) is 6.10. The fourth-order valence-electron chi connectivity index (χ4n) is 2.56. The van der Waals surface area contributed by atoms with Crippen molar-refractivity contribution in [2.75, 3.05) is 12.8 Å². The summed E-state index contributed by atoms with van der Waals surface area (Å²) < 4.78 is 0. The molecule has 1 atom stereocenters. The molecule has 0 spiro atoms. The molecule has 0 amide bonds. The maximum Gasteiger partial charge on any atom is 0.0321 e. The molecule has 2 N–H and O–H groups in total. The van der Waals surface area contributed by atoms with E-state index < -0.39 is 0 Å². The van der Waals surface area contributed by atoms with Crippen molar-refractivity contribution in [2.45, 2.75) is 33.4 Å². The summed E-state index contributed by atoms with van der Waals surface area (Å²) in [5.41, 5.74) is 12.1. The second-order valence-electron chi connectivity index (χ2n) is 5.63. The van der Waals surface area contributed by atoms with Crippen LogP contribution < -0.4 is 5.73 Å². The zero-order valence-electron chi connectivity index (χ0n) is 12.9. The van der Waals surface area contributed by atoms with Crippen LogP contribution in [0.2, 0.25) is 0 Å². The lowest BCUT2D eigenvalue weighted by atomic mass is 10.0. The van der Waals surface area contributed by atoms with Gasteiger partial charge in [-0.05, 0) is 62.2 Å². The lowest BCUT2D eigenvalue weighted by Gasteiger charge is -2.27. The molecule has 0 radical (unpaired) electrons. The van der Waals surface area contributed by atoms with Crippen LogP contribution in [0.3, 0.4) is 0 Å². The van der Waals surface area contributed by atoms with E-state index in [-0.39, 0.29) is 0 Å². The fraction of sp³-hybridized carbons (Fsp3) is 0.333. The third-order valence-corrected chi connectivity index (χ3v) is 4.11.